The summed E-state index contributed by atoms with van der Waals surface area (Å²) in [6.07, 6.45) is 17.3. The molecule has 5 heteroatoms. The van der Waals surface area contributed by atoms with Gasteiger partial charge in [-0.2, -0.15) is 0 Å². The first-order valence-electron chi connectivity index (χ1n) is 13.6. The zero-order valence-corrected chi connectivity index (χ0v) is 21.5. The molecule has 1 saturated carbocycles. The number of unbranched alkanes of at least 4 members (excludes halogenated alkanes) is 5. The highest BCUT2D eigenvalue weighted by Gasteiger charge is 2.16. The molecular formula is C31H38N2O3. The Bertz CT molecular complexity index is 1060. The smallest absolute Gasteiger partial charge is 0.343 e. The molecule has 190 valence electrons. The average molecular weight is 487 g/mol. The molecule has 1 aromatic heterocycles. The number of rotatable bonds is 12. The van der Waals surface area contributed by atoms with Crippen LogP contribution in [0.2, 0.25) is 0 Å². The van der Waals surface area contributed by atoms with Gasteiger partial charge in [0.1, 0.15) is 5.75 Å². The maximum absolute atomic E-state index is 12.6. The molecule has 0 saturated heterocycles. The summed E-state index contributed by atoms with van der Waals surface area (Å²) in [6.45, 7) is 2.92. The Morgan fingerprint density at radius 2 is 1.47 bits per heavy atom. The minimum absolute atomic E-state index is 0.346. The van der Waals surface area contributed by atoms with E-state index < -0.39 is 0 Å². The second-order valence-electron chi connectivity index (χ2n) is 9.73. The van der Waals surface area contributed by atoms with Gasteiger partial charge in [0.25, 0.3) is 0 Å². The normalized spacial score (nSPS) is 13.9. The van der Waals surface area contributed by atoms with Gasteiger partial charge in [-0.05, 0) is 67.1 Å². The lowest BCUT2D eigenvalue weighted by Crippen LogP contribution is -2.09. The van der Waals surface area contributed by atoms with Crippen LogP contribution in [0, 0.1) is 0 Å². The Balaban J connectivity index is 1.24. The molecule has 1 aliphatic rings. The SMILES string of the molecule is CCCCCCCCOc1cnc(-c2ccc(OC(=O)c3ccc(C4CCCCC4)cc3)cc2)nc1. The van der Waals surface area contributed by atoms with E-state index in [2.05, 4.69) is 29.0 Å². The molecule has 1 aliphatic carbocycles. The Hall–Kier alpha value is -3.21. The standard InChI is InChI=1S/C31H38N2O3/c1-2-3-4-5-6-10-21-35-29-22-32-30(33-23-29)26-17-19-28(20-18-26)36-31(34)27-15-13-25(14-16-27)24-11-8-7-9-12-24/h13-20,22-24H,2-12,21H2,1H3. The van der Waals surface area contributed by atoms with Crippen molar-refractivity contribution in [2.24, 2.45) is 0 Å². The third-order valence-corrected chi connectivity index (χ3v) is 6.94. The molecule has 5 nitrogen and oxygen atoms in total. The molecule has 1 heterocycles. The number of carbonyl (C=O) groups excluding carboxylic acids is 1. The Morgan fingerprint density at radius 3 is 2.17 bits per heavy atom. The van der Waals surface area contributed by atoms with E-state index in [-0.39, 0.29) is 5.97 Å². The number of ether oxygens (including phenoxy) is 2. The molecule has 0 unspecified atom stereocenters. The zero-order chi connectivity index (χ0) is 25.0. The van der Waals surface area contributed by atoms with Crippen LogP contribution in [-0.4, -0.2) is 22.5 Å². The van der Waals surface area contributed by atoms with Crippen LogP contribution in [0.1, 0.15) is 99.4 Å². The third kappa shape index (κ3) is 7.64. The fourth-order valence-electron chi connectivity index (χ4n) is 4.78. The maximum atomic E-state index is 12.6. The highest BCUT2D eigenvalue weighted by atomic mass is 16.5. The van der Waals surface area contributed by atoms with Crippen molar-refractivity contribution in [2.45, 2.75) is 83.5 Å². The largest absolute Gasteiger partial charge is 0.490 e. The number of esters is 1. The summed E-state index contributed by atoms with van der Waals surface area (Å²) in [5, 5.41) is 0. The van der Waals surface area contributed by atoms with Crippen molar-refractivity contribution in [3.05, 3.63) is 72.1 Å². The lowest BCUT2D eigenvalue weighted by Gasteiger charge is -2.21. The van der Waals surface area contributed by atoms with E-state index in [0.29, 0.717) is 35.4 Å². The third-order valence-electron chi connectivity index (χ3n) is 6.94. The van der Waals surface area contributed by atoms with E-state index in [1.807, 2.05) is 24.3 Å². The number of carbonyl (C=O) groups is 1. The van der Waals surface area contributed by atoms with Gasteiger partial charge in [-0.3, -0.25) is 0 Å². The fourth-order valence-corrected chi connectivity index (χ4v) is 4.78. The molecule has 0 bridgehead atoms. The number of hydrogen-bond acceptors (Lipinski definition) is 5. The van der Waals surface area contributed by atoms with Gasteiger partial charge < -0.3 is 9.47 Å². The summed E-state index contributed by atoms with van der Waals surface area (Å²) in [4.78, 5) is 21.5. The number of nitrogens with zero attached hydrogens (tertiary/aromatic N) is 2. The molecule has 2 aromatic carbocycles. The average Bonchev–Trinajstić information content (AvgIpc) is 2.94. The zero-order valence-electron chi connectivity index (χ0n) is 21.5. The molecule has 1 fully saturated rings. The lowest BCUT2D eigenvalue weighted by molar-refractivity contribution is 0.0734. The Kier molecular flexibility index (Phi) is 9.89. The van der Waals surface area contributed by atoms with E-state index in [1.165, 1.54) is 69.8 Å². The summed E-state index contributed by atoms with van der Waals surface area (Å²) < 4.78 is 11.3. The predicted molar refractivity (Wildman–Crippen MR) is 144 cm³/mol. The number of hydrogen-bond donors (Lipinski definition) is 0. The summed E-state index contributed by atoms with van der Waals surface area (Å²) in [6, 6.07) is 15.2. The van der Waals surface area contributed by atoms with E-state index in [0.717, 1.165) is 12.0 Å². The molecule has 0 radical (unpaired) electrons. The number of aromatic nitrogens is 2. The van der Waals surface area contributed by atoms with Crippen LogP contribution in [0.5, 0.6) is 11.5 Å². The molecule has 0 N–H and O–H groups in total. The summed E-state index contributed by atoms with van der Waals surface area (Å²) >= 11 is 0. The van der Waals surface area contributed by atoms with Crippen LogP contribution in [0.25, 0.3) is 11.4 Å². The van der Waals surface area contributed by atoms with Crippen molar-refractivity contribution in [2.75, 3.05) is 6.61 Å². The summed E-state index contributed by atoms with van der Waals surface area (Å²) in [5.74, 6) is 2.07. The van der Waals surface area contributed by atoms with Gasteiger partial charge in [-0.1, -0.05) is 70.4 Å². The van der Waals surface area contributed by atoms with Gasteiger partial charge in [-0.25, -0.2) is 14.8 Å². The highest BCUT2D eigenvalue weighted by Crippen LogP contribution is 2.32. The first-order chi connectivity index (χ1) is 17.7. The monoisotopic (exact) mass is 486 g/mol. The lowest BCUT2D eigenvalue weighted by atomic mass is 9.84. The molecule has 36 heavy (non-hydrogen) atoms. The quantitative estimate of drug-likeness (QED) is 0.147. The van der Waals surface area contributed by atoms with Gasteiger partial charge in [-0.15, -0.1) is 0 Å². The van der Waals surface area contributed by atoms with Gasteiger partial charge >= 0.3 is 5.97 Å². The molecule has 0 amide bonds. The Morgan fingerprint density at radius 1 is 0.806 bits per heavy atom. The van der Waals surface area contributed by atoms with Crippen LogP contribution in [0.4, 0.5) is 0 Å². The molecule has 3 aromatic rings. The van der Waals surface area contributed by atoms with Crippen LogP contribution in [-0.2, 0) is 0 Å². The molecule has 0 aliphatic heterocycles. The molecule has 4 rings (SSSR count). The van der Waals surface area contributed by atoms with E-state index in [4.69, 9.17) is 9.47 Å². The van der Waals surface area contributed by atoms with Crippen molar-refractivity contribution in [3.63, 3.8) is 0 Å². The van der Waals surface area contributed by atoms with Crippen LogP contribution < -0.4 is 9.47 Å². The fraction of sp³-hybridized carbons (Fsp3) is 0.452. The van der Waals surface area contributed by atoms with Crippen LogP contribution in [0.15, 0.2) is 60.9 Å². The predicted octanol–water partition coefficient (Wildman–Crippen LogP) is 8.15. The first-order valence-corrected chi connectivity index (χ1v) is 13.6. The molecule has 0 atom stereocenters. The Labute approximate surface area is 215 Å². The van der Waals surface area contributed by atoms with Crippen LogP contribution >= 0.6 is 0 Å². The van der Waals surface area contributed by atoms with Crippen LogP contribution in [0.3, 0.4) is 0 Å². The van der Waals surface area contributed by atoms with E-state index in [1.54, 1.807) is 24.5 Å². The first kappa shape index (κ1) is 25.9. The van der Waals surface area contributed by atoms with E-state index >= 15 is 0 Å². The summed E-state index contributed by atoms with van der Waals surface area (Å²) in [5.41, 5.74) is 2.75. The number of benzene rings is 2. The maximum Gasteiger partial charge on any atom is 0.343 e. The van der Waals surface area contributed by atoms with Gasteiger partial charge in [0.15, 0.2) is 11.6 Å². The van der Waals surface area contributed by atoms with Gasteiger partial charge in [0, 0.05) is 5.56 Å². The van der Waals surface area contributed by atoms with Gasteiger partial charge in [0.2, 0.25) is 0 Å². The second-order valence-corrected chi connectivity index (χ2v) is 9.73. The topological polar surface area (TPSA) is 61.3 Å². The summed E-state index contributed by atoms with van der Waals surface area (Å²) in [7, 11) is 0. The van der Waals surface area contributed by atoms with Crippen molar-refractivity contribution in [1.29, 1.82) is 0 Å². The van der Waals surface area contributed by atoms with Crippen molar-refractivity contribution in [1.82, 2.24) is 9.97 Å². The van der Waals surface area contributed by atoms with Crippen molar-refractivity contribution in [3.8, 4) is 22.9 Å². The van der Waals surface area contributed by atoms with E-state index in [9.17, 15) is 4.79 Å². The minimum atomic E-state index is -0.346. The van der Waals surface area contributed by atoms with Gasteiger partial charge in [0.05, 0.1) is 24.6 Å². The van der Waals surface area contributed by atoms with Crippen molar-refractivity contribution >= 4 is 5.97 Å². The molecule has 0 spiro atoms. The molecular weight excluding hydrogens is 448 g/mol. The second kappa shape index (κ2) is 13.8. The van der Waals surface area contributed by atoms with Crippen molar-refractivity contribution < 1.29 is 14.3 Å². The minimum Gasteiger partial charge on any atom is -0.490 e. The highest BCUT2D eigenvalue weighted by molar-refractivity contribution is 5.91.